The highest BCUT2D eigenvalue weighted by molar-refractivity contribution is 5.96. The number of hydrogen-bond donors (Lipinski definition) is 1. The van der Waals surface area contributed by atoms with Crippen LogP contribution in [-0.2, 0) is 9.53 Å². The Morgan fingerprint density at radius 3 is 2.36 bits per heavy atom. The monoisotopic (exact) mass is 389 g/mol. The lowest BCUT2D eigenvalue weighted by Gasteiger charge is -2.09. The summed E-state index contributed by atoms with van der Waals surface area (Å²) in [7, 11) is 1.25. The molecule has 0 unspecified atom stereocenters. The Kier molecular flexibility index (Phi) is 6.22. The molecule has 0 saturated heterocycles. The molecule has 0 radical (unpaired) electrons. The molecular weight excluding hydrogens is 374 g/mol. The van der Waals surface area contributed by atoms with Gasteiger partial charge in [-0.1, -0.05) is 6.07 Å². The van der Waals surface area contributed by atoms with E-state index < -0.39 is 34.0 Å². The number of anilines is 1. The van der Waals surface area contributed by atoms with Crippen LogP contribution in [0.2, 0.25) is 0 Å². The average Bonchev–Trinajstić information content (AvgIpc) is 2.66. The van der Waals surface area contributed by atoms with Crippen LogP contribution < -0.4 is 10.1 Å². The van der Waals surface area contributed by atoms with Gasteiger partial charge in [0.05, 0.1) is 33.8 Å². The number of nitrogens with zero attached hydrogens (tertiary/aromatic N) is 2. The Morgan fingerprint density at radius 1 is 1.07 bits per heavy atom. The van der Waals surface area contributed by atoms with Gasteiger partial charge in [-0.05, 0) is 25.1 Å². The summed E-state index contributed by atoms with van der Waals surface area (Å²) in [5, 5.41) is 24.3. The molecule has 0 atom stereocenters. The molecule has 2 aromatic carbocycles. The standard InChI is InChI=1S/C17H15N3O8/c1-10-12(4-3-5-13(10)19(23)24)18-16(21)9-28-17(22)11-6-7-15(27-2)14(8-11)20(25)26/h3-8H,9H2,1-2H3,(H,18,21). The minimum absolute atomic E-state index is 0.0274. The van der Waals surface area contributed by atoms with Gasteiger partial charge in [0.2, 0.25) is 0 Å². The van der Waals surface area contributed by atoms with E-state index in [1.807, 2.05) is 0 Å². The molecule has 0 aliphatic heterocycles. The highest BCUT2D eigenvalue weighted by atomic mass is 16.6. The molecule has 1 N–H and O–H groups in total. The third-order valence-corrected chi connectivity index (χ3v) is 3.72. The Morgan fingerprint density at radius 2 is 1.75 bits per heavy atom. The first-order chi connectivity index (χ1) is 13.2. The van der Waals surface area contributed by atoms with Gasteiger partial charge in [-0.25, -0.2) is 4.79 Å². The average molecular weight is 389 g/mol. The molecule has 0 aromatic heterocycles. The summed E-state index contributed by atoms with van der Waals surface area (Å²) in [5.41, 5.74) is -0.269. The lowest BCUT2D eigenvalue weighted by atomic mass is 10.1. The van der Waals surface area contributed by atoms with Gasteiger partial charge in [0, 0.05) is 12.1 Å². The number of nitro groups is 2. The van der Waals surface area contributed by atoms with E-state index in [4.69, 9.17) is 9.47 Å². The van der Waals surface area contributed by atoms with Crippen molar-refractivity contribution in [3.63, 3.8) is 0 Å². The van der Waals surface area contributed by atoms with Crippen LogP contribution in [-0.4, -0.2) is 35.4 Å². The molecule has 11 nitrogen and oxygen atoms in total. The molecule has 28 heavy (non-hydrogen) atoms. The maximum atomic E-state index is 12.0. The first-order valence-electron chi connectivity index (χ1n) is 7.78. The van der Waals surface area contributed by atoms with Gasteiger partial charge >= 0.3 is 11.7 Å². The van der Waals surface area contributed by atoms with Gasteiger partial charge in [0.1, 0.15) is 0 Å². The number of carbonyl (C=O) groups excluding carboxylic acids is 2. The van der Waals surface area contributed by atoms with Crippen molar-refractivity contribution in [3.8, 4) is 5.75 Å². The smallest absolute Gasteiger partial charge is 0.338 e. The number of ether oxygens (including phenoxy) is 2. The molecular formula is C17H15N3O8. The van der Waals surface area contributed by atoms with Crippen molar-refractivity contribution in [2.24, 2.45) is 0 Å². The molecule has 0 saturated carbocycles. The van der Waals surface area contributed by atoms with Gasteiger partial charge in [0.25, 0.3) is 11.6 Å². The number of methoxy groups -OCH3 is 1. The fourth-order valence-corrected chi connectivity index (χ4v) is 2.32. The number of benzene rings is 2. The van der Waals surface area contributed by atoms with Crippen LogP contribution >= 0.6 is 0 Å². The number of hydrogen-bond acceptors (Lipinski definition) is 8. The van der Waals surface area contributed by atoms with Crippen molar-refractivity contribution in [3.05, 3.63) is 67.8 Å². The Balaban J connectivity index is 2.04. The van der Waals surface area contributed by atoms with E-state index in [2.05, 4.69) is 5.32 Å². The van der Waals surface area contributed by atoms with Gasteiger partial charge in [0.15, 0.2) is 12.4 Å². The first kappa shape index (κ1) is 20.3. The fourth-order valence-electron chi connectivity index (χ4n) is 2.32. The maximum Gasteiger partial charge on any atom is 0.338 e. The van der Waals surface area contributed by atoms with E-state index in [0.29, 0.717) is 0 Å². The quantitative estimate of drug-likeness (QED) is 0.431. The Bertz CT molecular complexity index is 957. The van der Waals surface area contributed by atoms with Crippen molar-refractivity contribution in [2.45, 2.75) is 6.92 Å². The second kappa shape index (κ2) is 8.58. The zero-order valence-electron chi connectivity index (χ0n) is 14.8. The zero-order chi connectivity index (χ0) is 20.8. The van der Waals surface area contributed by atoms with Crippen molar-refractivity contribution >= 4 is 28.9 Å². The third kappa shape index (κ3) is 4.58. The summed E-state index contributed by atoms with van der Waals surface area (Å²) in [6.45, 7) is 0.789. The van der Waals surface area contributed by atoms with Gasteiger partial charge in [-0.15, -0.1) is 0 Å². The van der Waals surface area contributed by atoms with E-state index in [1.54, 1.807) is 0 Å². The van der Waals surface area contributed by atoms with Crippen LogP contribution in [0.1, 0.15) is 15.9 Å². The van der Waals surface area contributed by atoms with Crippen LogP contribution in [0.3, 0.4) is 0 Å². The fraction of sp³-hybridized carbons (Fsp3) is 0.176. The summed E-state index contributed by atoms with van der Waals surface area (Å²) in [6.07, 6.45) is 0. The summed E-state index contributed by atoms with van der Waals surface area (Å²) in [4.78, 5) is 44.6. The zero-order valence-corrected chi connectivity index (χ0v) is 14.8. The van der Waals surface area contributed by atoms with E-state index in [-0.39, 0.29) is 28.3 Å². The number of nitrogens with one attached hydrogen (secondary N) is 1. The lowest BCUT2D eigenvalue weighted by Crippen LogP contribution is -2.21. The van der Waals surface area contributed by atoms with Crippen molar-refractivity contribution in [1.29, 1.82) is 0 Å². The van der Waals surface area contributed by atoms with Crippen LogP contribution in [0.4, 0.5) is 17.1 Å². The summed E-state index contributed by atoms with van der Waals surface area (Å²) < 4.78 is 9.68. The van der Waals surface area contributed by atoms with Crippen molar-refractivity contribution < 1.29 is 28.9 Å². The van der Waals surface area contributed by atoms with Gasteiger partial charge < -0.3 is 14.8 Å². The molecule has 0 spiro atoms. The molecule has 2 aromatic rings. The van der Waals surface area contributed by atoms with Crippen LogP contribution in [0.25, 0.3) is 0 Å². The second-order valence-electron chi connectivity index (χ2n) is 5.47. The predicted octanol–water partition coefficient (Wildman–Crippen LogP) is 2.62. The molecule has 0 aliphatic rings. The number of amides is 1. The van der Waals surface area contributed by atoms with Crippen molar-refractivity contribution in [1.82, 2.24) is 0 Å². The number of rotatable bonds is 7. The van der Waals surface area contributed by atoms with E-state index in [1.165, 1.54) is 44.4 Å². The molecule has 0 bridgehead atoms. The SMILES string of the molecule is COc1ccc(C(=O)OCC(=O)Nc2cccc([N+](=O)[O-])c2C)cc1[N+](=O)[O-]. The number of nitro benzene ring substituents is 2. The predicted molar refractivity (Wildman–Crippen MR) is 96.4 cm³/mol. The first-order valence-corrected chi connectivity index (χ1v) is 7.78. The van der Waals surface area contributed by atoms with E-state index >= 15 is 0 Å². The minimum Gasteiger partial charge on any atom is -0.490 e. The highest BCUT2D eigenvalue weighted by Gasteiger charge is 2.20. The normalized spacial score (nSPS) is 10.1. The summed E-state index contributed by atoms with van der Waals surface area (Å²) in [5.74, 6) is -1.70. The molecule has 146 valence electrons. The number of esters is 1. The minimum atomic E-state index is -0.948. The summed E-state index contributed by atoms with van der Waals surface area (Å²) >= 11 is 0. The maximum absolute atomic E-state index is 12.0. The molecule has 1 amide bonds. The van der Waals surface area contributed by atoms with Gasteiger partial charge in [-0.3, -0.25) is 25.0 Å². The molecule has 2 rings (SSSR count). The molecule has 0 aliphatic carbocycles. The Labute approximate surface area is 158 Å². The van der Waals surface area contributed by atoms with Crippen LogP contribution in [0.15, 0.2) is 36.4 Å². The van der Waals surface area contributed by atoms with E-state index in [9.17, 15) is 29.8 Å². The topological polar surface area (TPSA) is 151 Å². The van der Waals surface area contributed by atoms with Crippen molar-refractivity contribution in [2.75, 3.05) is 19.0 Å². The largest absolute Gasteiger partial charge is 0.490 e. The summed E-state index contributed by atoms with van der Waals surface area (Å²) in [6, 6.07) is 7.64. The van der Waals surface area contributed by atoms with Gasteiger partial charge in [-0.2, -0.15) is 0 Å². The molecule has 11 heteroatoms. The second-order valence-corrected chi connectivity index (χ2v) is 5.47. The molecule has 0 fully saturated rings. The van der Waals surface area contributed by atoms with Crippen LogP contribution in [0.5, 0.6) is 5.75 Å². The third-order valence-electron chi connectivity index (χ3n) is 3.72. The molecule has 0 heterocycles. The highest BCUT2D eigenvalue weighted by Crippen LogP contribution is 2.28. The van der Waals surface area contributed by atoms with E-state index in [0.717, 1.165) is 6.07 Å². The lowest BCUT2D eigenvalue weighted by molar-refractivity contribution is -0.385. The van der Waals surface area contributed by atoms with Crippen LogP contribution in [0, 0.1) is 27.2 Å². The Hall–Kier alpha value is -4.02. The number of carbonyl (C=O) groups is 2.